The van der Waals surface area contributed by atoms with Crippen LogP contribution in [-0.4, -0.2) is 86.8 Å². The normalized spacial score (nSPS) is 18.0. The van der Waals surface area contributed by atoms with Crippen LogP contribution in [0.4, 0.5) is 10.6 Å². The fourth-order valence-corrected chi connectivity index (χ4v) is 6.91. The van der Waals surface area contributed by atoms with Crippen molar-refractivity contribution in [3.05, 3.63) is 42.9 Å². The van der Waals surface area contributed by atoms with E-state index < -0.39 is 13.7 Å². The van der Waals surface area contributed by atoms with Crippen LogP contribution in [0, 0.1) is 0 Å². The van der Waals surface area contributed by atoms with E-state index in [1.165, 1.54) is 0 Å². The fourth-order valence-electron chi connectivity index (χ4n) is 6.15. The Labute approximate surface area is 284 Å². The molecule has 13 heteroatoms. The molecule has 1 amide bonds. The van der Waals surface area contributed by atoms with Crippen LogP contribution in [0.25, 0.3) is 33.3 Å². The highest BCUT2D eigenvalue weighted by molar-refractivity contribution is 6.76. The second kappa shape index (κ2) is 14.3. The molecule has 1 unspecified atom stereocenters. The van der Waals surface area contributed by atoms with Gasteiger partial charge in [0, 0.05) is 63.1 Å². The molecule has 5 heterocycles. The summed E-state index contributed by atoms with van der Waals surface area (Å²) in [6, 6.07) is 9.47. The molecule has 2 aliphatic rings. The number of anilines is 1. The summed E-state index contributed by atoms with van der Waals surface area (Å²) in [5.41, 5.74) is 4.21. The first kappa shape index (κ1) is 34.1. The first-order chi connectivity index (χ1) is 22.9. The lowest BCUT2D eigenvalue weighted by molar-refractivity contribution is -0.0394. The summed E-state index contributed by atoms with van der Waals surface area (Å²) in [6.07, 6.45) is 10.5. The Morgan fingerprint density at radius 1 is 1.00 bits per heavy atom. The molecule has 1 atom stereocenters. The molecule has 2 aliphatic heterocycles. The minimum atomic E-state index is -1.22. The van der Waals surface area contributed by atoms with Crippen molar-refractivity contribution >= 4 is 30.9 Å². The van der Waals surface area contributed by atoms with E-state index in [2.05, 4.69) is 58.6 Å². The van der Waals surface area contributed by atoms with Crippen LogP contribution < -0.4 is 5.32 Å². The molecule has 258 valence electrons. The fraction of sp³-hybridized carbons (Fsp3) is 0.571. The van der Waals surface area contributed by atoms with Crippen LogP contribution in [0.1, 0.15) is 59.1 Å². The van der Waals surface area contributed by atoms with Crippen LogP contribution in [0.2, 0.25) is 25.7 Å². The predicted molar refractivity (Wildman–Crippen MR) is 189 cm³/mol. The van der Waals surface area contributed by atoms with Gasteiger partial charge in [-0.05, 0) is 82.7 Å². The number of fused-ring (bicyclic) bond motifs is 1. The van der Waals surface area contributed by atoms with E-state index in [0.29, 0.717) is 32.2 Å². The van der Waals surface area contributed by atoms with Gasteiger partial charge in [0.1, 0.15) is 24.4 Å². The average molecular weight is 675 g/mol. The molecule has 48 heavy (non-hydrogen) atoms. The highest BCUT2D eigenvalue weighted by Gasteiger charge is 2.27. The van der Waals surface area contributed by atoms with Gasteiger partial charge in [-0.3, -0.25) is 0 Å². The third-order valence-electron chi connectivity index (χ3n) is 8.81. The number of hydrogen-bond acceptors (Lipinski definition) is 9. The maximum absolute atomic E-state index is 12.5. The molecule has 0 saturated carbocycles. The van der Waals surface area contributed by atoms with Crippen molar-refractivity contribution in [1.29, 1.82) is 0 Å². The van der Waals surface area contributed by atoms with E-state index in [1.54, 1.807) is 4.90 Å². The molecule has 0 spiro atoms. The molecule has 12 nitrogen and oxygen atoms in total. The number of ether oxygens (including phenoxy) is 3. The number of hydrogen-bond donors (Lipinski definition) is 1. The number of aromatic nitrogens is 6. The molecular weight excluding hydrogens is 625 g/mol. The summed E-state index contributed by atoms with van der Waals surface area (Å²) in [7, 11) is -1.22. The van der Waals surface area contributed by atoms with Crippen molar-refractivity contribution in [2.75, 3.05) is 31.6 Å². The Morgan fingerprint density at radius 2 is 1.79 bits per heavy atom. The van der Waals surface area contributed by atoms with Gasteiger partial charge in [-0.25, -0.2) is 14.2 Å². The predicted octanol–water partition coefficient (Wildman–Crippen LogP) is 7.18. The summed E-state index contributed by atoms with van der Waals surface area (Å²) in [5, 5.41) is 23.2. The Kier molecular flexibility index (Phi) is 10.2. The van der Waals surface area contributed by atoms with Gasteiger partial charge in [0.05, 0.1) is 23.6 Å². The lowest BCUT2D eigenvalue weighted by atomic mass is 10.00. The molecule has 6 rings (SSSR count). The van der Waals surface area contributed by atoms with Crippen molar-refractivity contribution in [3.63, 3.8) is 0 Å². The van der Waals surface area contributed by atoms with E-state index >= 15 is 0 Å². The zero-order valence-electron chi connectivity index (χ0n) is 29.2. The van der Waals surface area contributed by atoms with Crippen LogP contribution in [-0.2, 0) is 20.9 Å². The highest BCUT2D eigenvalue weighted by atomic mass is 28.3. The van der Waals surface area contributed by atoms with E-state index in [4.69, 9.17) is 19.3 Å². The van der Waals surface area contributed by atoms with Gasteiger partial charge in [0.2, 0.25) is 0 Å². The largest absolute Gasteiger partial charge is 0.444 e. The third kappa shape index (κ3) is 8.42. The standard InChI is InChI=1S/C35H50N8O4Si/c1-35(2,3)47-34(44)41-16-14-26(15-17-41)38-31-13-12-30(39-40-31)28-11-10-27(25-21-36-42(23-25)32-9-7-8-18-46-32)29-22-37-43(33(28)29)24-45-19-20-48(4,5)6/h10-13,21-23,26,32H,7-9,14-20,24H2,1-6H3,(H,38,40). The third-order valence-corrected chi connectivity index (χ3v) is 10.5. The van der Waals surface area contributed by atoms with E-state index in [0.717, 1.165) is 78.0 Å². The molecule has 1 N–H and O–H groups in total. The number of likely N-dealkylation sites (tertiary alicyclic amines) is 1. The summed E-state index contributed by atoms with van der Waals surface area (Å²) >= 11 is 0. The number of carbonyl (C=O) groups is 1. The van der Waals surface area contributed by atoms with Gasteiger partial charge in [0.15, 0.2) is 0 Å². The molecule has 4 aromatic rings. The van der Waals surface area contributed by atoms with E-state index in [1.807, 2.05) is 54.7 Å². The van der Waals surface area contributed by atoms with Gasteiger partial charge in [-0.1, -0.05) is 25.7 Å². The minimum Gasteiger partial charge on any atom is -0.444 e. The lowest BCUT2D eigenvalue weighted by Crippen LogP contribution is -2.44. The Hall–Kier alpha value is -3.81. The van der Waals surface area contributed by atoms with Gasteiger partial charge in [-0.2, -0.15) is 10.2 Å². The van der Waals surface area contributed by atoms with Crippen molar-refractivity contribution in [2.45, 2.75) is 103 Å². The molecule has 0 radical (unpaired) electrons. The number of benzene rings is 1. The second-order valence-corrected chi connectivity index (χ2v) is 20.8. The number of carbonyl (C=O) groups excluding carboxylic acids is 1. The molecule has 0 bridgehead atoms. The van der Waals surface area contributed by atoms with Crippen LogP contribution >= 0.6 is 0 Å². The molecule has 0 aliphatic carbocycles. The summed E-state index contributed by atoms with van der Waals surface area (Å²) in [6.45, 7) is 15.8. The number of nitrogens with zero attached hydrogens (tertiary/aromatic N) is 7. The maximum Gasteiger partial charge on any atom is 0.410 e. The van der Waals surface area contributed by atoms with Crippen LogP contribution in [0.5, 0.6) is 0 Å². The quantitative estimate of drug-likeness (QED) is 0.138. The average Bonchev–Trinajstić information content (AvgIpc) is 3.71. The lowest BCUT2D eigenvalue weighted by Gasteiger charge is -2.33. The van der Waals surface area contributed by atoms with Gasteiger partial charge < -0.3 is 24.4 Å². The number of nitrogens with one attached hydrogen (secondary N) is 1. The van der Waals surface area contributed by atoms with Crippen molar-refractivity contribution < 1.29 is 19.0 Å². The first-order valence-corrected chi connectivity index (χ1v) is 21.0. The van der Waals surface area contributed by atoms with Gasteiger partial charge in [-0.15, -0.1) is 10.2 Å². The second-order valence-electron chi connectivity index (χ2n) is 15.1. The summed E-state index contributed by atoms with van der Waals surface area (Å²) < 4.78 is 21.5. The Morgan fingerprint density at radius 3 is 2.48 bits per heavy atom. The molecule has 3 aromatic heterocycles. The van der Waals surface area contributed by atoms with Crippen molar-refractivity contribution in [3.8, 4) is 22.4 Å². The van der Waals surface area contributed by atoms with E-state index in [9.17, 15) is 4.79 Å². The van der Waals surface area contributed by atoms with E-state index in [-0.39, 0.29) is 18.4 Å². The smallest absolute Gasteiger partial charge is 0.410 e. The van der Waals surface area contributed by atoms with Gasteiger partial charge in [0.25, 0.3) is 0 Å². The number of rotatable bonds is 10. The number of amides is 1. The van der Waals surface area contributed by atoms with Crippen LogP contribution in [0.3, 0.4) is 0 Å². The van der Waals surface area contributed by atoms with Crippen molar-refractivity contribution in [2.24, 2.45) is 0 Å². The zero-order valence-corrected chi connectivity index (χ0v) is 30.2. The topological polar surface area (TPSA) is 121 Å². The monoisotopic (exact) mass is 674 g/mol. The number of piperidine rings is 1. The molecule has 2 fully saturated rings. The summed E-state index contributed by atoms with van der Waals surface area (Å²) in [4.78, 5) is 14.2. The summed E-state index contributed by atoms with van der Waals surface area (Å²) in [5.74, 6) is 0.711. The Bertz CT molecular complexity index is 1680. The molecule has 1 aromatic carbocycles. The molecular formula is C35H50N8O4Si. The first-order valence-electron chi connectivity index (χ1n) is 17.2. The van der Waals surface area contributed by atoms with Gasteiger partial charge >= 0.3 is 6.09 Å². The maximum atomic E-state index is 12.5. The SMILES string of the molecule is CC(C)(C)OC(=O)N1CCC(Nc2ccc(-c3ccc(-c4cnn(C5CCCCO5)c4)c4cnn(COCC[Si](C)(C)C)c34)nn2)CC1. The Balaban J connectivity index is 1.21. The van der Waals surface area contributed by atoms with Crippen molar-refractivity contribution in [1.82, 2.24) is 34.7 Å². The highest BCUT2D eigenvalue weighted by Crippen LogP contribution is 2.36. The minimum absolute atomic E-state index is 0.0234. The zero-order chi connectivity index (χ0) is 33.9. The van der Waals surface area contributed by atoms with Crippen LogP contribution in [0.15, 0.2) is 42.9 Å². The molecule has 2 saturated heterocycles.